The Kier molecular flexibility index (Phi) is 6.32. The number of ketones is 1. The number of ether oxygens (including phenoxy) is 1. The number of carbonyl (C=O) groups is 2. The van der Waals surface area contributed by atoms with Crippen molar-refractivity contribution in [2.45, 2.75) is 6.92 Å². The highest BCUT2D eigenvalue weighted by atomic mass is 16.5. The number of hydrogen-bond acceptors (Lipinski definition) is 4. The first-order valence-electron chi connectivity index (χ1n) is 10.6. The van der Waals surface area contributed by atoms with Gasteiger partial charge in [-0.25, -0.2) is 0 Å². The summed E-state index contributed by atoms with van der Waals surface area (Å²) in [5, 5.41) is 0. The van der Waals surface area contributed by atoms with E-state index in [1.54, 1.807) is 30.3 Å². The molecular weight excluding hydrogens is 388 g/mol. The predicted octanol–water partition coefficient (Wildman–Crippen LogP) is 4.28. The van der Waals surface area contributed by atoms with E-state index in [9.17, 15) is 9.59 Å². The van der Waals surface area contributed by atoms with Crippen molar-refractivity contribution in [2.24, 2.45) is 0 Å². The van der Waals surface area contributed by atoms with Gasteiger partial charge in [0.1, 0.15) is 5.75 Å². The Balaban J connectivity index is 1.50. The number of nitrogens with zero attached hydrogens (tertiary/aromatic N) is 2. The molecule has 31 heavy (non-hydrogen) atoms. The highest BCUT2D eigenvalue weighted by Gasteiger charge is 2.26. The second kappa shape index (κ2) is 9.47. The molecule has 0 radical (unpaired) electrons. The molecule has 1 fully saturated rings. The summed E-state index contributed by atoms with van der Waals surface area (Å²) >= 11 is 0. The number of benzene rings is 3. The molecule has 1 aliphatic rings. The molecule has 1 heterocycles. The lowest BCUT2D eigenvalue weighted by atomic mass is 9.97. The average Bonchev–Trinajstić information content (AvgIpc) is 2.84. The van der Waals surface area contributed by atoms with E-state index in [-0.39, 0.29) is 11.7 Å². The molecule has 0 aliphatic carbocycles. The summed E-state index contributed by atoms with van der Waals surface area (Å²) in [4.78, 5) is 30.4. The Morgan fingerprint density at radius 1 is 0.774 bits per heavy atom. The van der Waals surface area contributed by atoms with Gasteiger partial charge in [-0.3, -0.25) is 9.59 Å². The average molecular weight is 415 g/mol. The monoisotopic (exact) mass is 414 g/mol. The van der Waals surface area contributed by atoms with Crippen LogP contribution in [0.1, 0.15) is 33.2 Å². The summed E-state index contributed by atoms with van der Waals surface area (Å²) < 4.78 is 5.76. The maximum absolute atomic E-state index is 13.3. The van der Waals surface area contributed by atoms with Crippen LogP contribution in [0.2, 0.25) is 0 Å². The molecule has 0 atom stereocenters. The predicted molar refractivity (Wildman–Crippen MR) is 122 cm³/mol. The van der Waals surface area contributed by atoms with E-state index in [0.29, 0.717) is 49.5 Å². The Bertz CT molecular complexity index is 1060. The lowest BCUT2D eigenvalue weighted by molar-refractivity contribution is 0.0742. The number of anilines is 1. The molecule has 0 aromatic heterocycles. The minimum absolute atomic E-state index is 0.0994. The van der Waals surface area contributed by atoms with Gasteiger partial charge >= 0.3 is 0 Å². The van der Waals surface area contributed by atoms with Crippen LogP contribution in [0.3, 0.4) is 0 Å². The third-order valence-corrected chi connectivity index (χ3v) is 5.51. The highest BCUT2D eigenvalue weighted by Crippen LogP contribution is 2.29. The third kappa shape index (κ3) is 4.45. The molecule has 0 saturated carbocycles. The molecule has 3 aromatic rings. The fourth-order valence-electron chi connectivity index (χ4n) is 3.93. The molecule has 0 bridgehead atoms. The second-order valence-electron chi connectivity index (χ2n) is 7.42. The molecule has 5 nitrogen and oxygen atoms in total. The fraction of sp³-hybridized carbons (Fsp3) is 0.231. The van der Waals surface area contributed by atoms with Crippen molar-refractivity contribution in [1.29, 1.82) is 0 Å². The van der Waals surface area contributed by atoms with Crippen LogP contribution in [0.4, 0.5) is 5.69 Å². The molecule has 1 aliphatic heterocycles. The van der Waals surface area contributed by atoms with Gasteiger partial charge < -0.3 is 14.5 Å². The maximum Gasteiger partial charge on any atom is 0.254 e. The van der Waals surface area contributed by atoms with Gasteiger partial charge in [0.05, 0.1) is 17.9 Å². The van der Waals surface area contributed by atoms with Crippen molar-refractivity contribution < 1.29 is 14.3 Å². The van der Waals surface area contributed by atoms with Crippen LogP contribution in [0, 0.1) is 0 Å². The molecule has 1 amide bonds. The van der Waals surface area contributed by atoms with Crippen LogP contribution in [-0.2, 0) is 0 Å². The number of para-hydroxylation sites is 2. The number of carbonyl (C=O) groups excluding carboxylic acids is 2. The SMILES string of the molecule is CCOc1ccccc1N1CCN(C(=O)c2ccccc2C(=O)c2ccccc2)CC1. The summed E-state index contributed by atoms with van der Waals surface area (Å²) in [5.41, 5.74) is 2.54. The van der Waals surface area contributed by atoms with Crippen molar-refractivity contribution in [3.63, 3.8) is 0 Å². The van der Waals surface area contributed by atoms with Crippen LogP contribution < -0.4 is 9.64 Å². The molecule has 4 rings (SSSR count). The summed E-state index contributed by atoms with van der Waals surface area (Å²) in [6.07, 6.45) is 0. The van der Waals surface area contributed by atoms with E-state index in [4.69, 9.17) is 4.74 Å². The molecule has 0 spiro atoms. The summed E-state index contributed by atoms with van der Waals surface area (Å²) in [7, 11) is 0. The van der Waals surface area contributed by atoms with Gasteiger partial charge in [-0.05, 0) is 25.1 Å². The normalized spacial score (nSPS) is 13.7. The van der Waals surface area contributed by atoms with E-state index in [1.165, 1.54) is 0 Å². The summed E-state index contributed by atoms with van der Waals surface area (Å²) in [6, 6.07) is 24.2. The van der Waals surface area contributed by atoms with Crippen molar-refractivity contribution in [2.75, 3.05) is 37.7 Å². The lowest BCUT2D eigenvalue weighted by Crippen LogP contribution is -2.49. The Hall–Kier alpha value is -3.60. The van der Waals surface area contributed by atoms with E-state index < -0.39 is 0 Å². The largest absolute Gasteiger partial charge is 0.492 e. The van der Waals surface area contributed by atoms with Gasteiger partial charge in [-0.15, -0.1) is 0 Å². The molecule has 3 aromatic carbocycles. The first kappa shape index (κ1) is 20.7. The quantitative estimate of drug-likeness (QED) is 0.565. The van der Waals surface area contributed by atoms with Crippen molar-refractivity contribution in [3.05, 3.63) is 95.6 Å². The Morgan fingerprint density at radius 3 is 2.10 bits per heavy atom. The number of amides is 1. The molecule has 158 valence electrons. The zero-order valence-electron chi connectivity index (χ0n) is 17.7. The standard InChI is InChI=1S/C26H26N2O3/c1-2-31-24-15-9-8-14-23(24)27-16-18-28(19-17-27)26(30)22-13-7-6-12-21(22)25(29)20-10-4-3-5-11-20/h3-15H,2,16-19H2,1H3. The summed E-state index contributed by atoms with van der Waals surface area (Å²) in [6.45, 7) is 5.19. The van der Waals surface area contributed by atoms with Crippen LogP contribution in [0.5, 0.6) is 5.75 Å². The van der Waals surface area contributed by atoms with Gasteiger partial charge in [0.2, 0.25) is 0 Å². The molecule has 0 unspecified atom stereocenters. The molecular formula is C26H26N2O3. The van der Waals surface area contributed by atoms with Crippen LogP contribution in [0.25, 0.3) is 0 Å². The number of piperazine rings is 1. The van der Waals surface area contributed by atoms with Gasteiger partial charge in [0, 0.05) is 37.3 Å². The van der Waals surface area contributed by atoms with Gasteiger partial charge in [0.15, 0.2) is 5.78 Å². The van der Waals surface area contributed by atoms with E-state index in [1.807, 2.05) is 54.3 Å². The minimum atomic E-state index is -0.131. The topological polar surface area (TPSA) is 49.9 Å². The lowest BCUT2D eigenvalue weighted by Gasteiger charge is -2.37. The van der Waals surface area contributed by atoms with Crippen molar-refractivity contribution in [3.8, 4) is 5.75 Å². The van der Waals surface area contributed by atoms with Crippen LogP contribution in [-0.4, -0.2) is 49.4 Å². The fourth-order valence-corrected chi connectivity index (χ4v) is 3.93. The van der Waals surface area contributed by atoms with E-state index in [2.05, 4.69) is 11.0 Å². The third-order valence-electron chi connectivity index (χ3n) is 5.51. The smallest absolute Gasteiger partial charge is 0.254 e. The van der Waals surface area contributed by atoms with Crippen LogP contribution in [0.15, 0.2) is 78.9 Å². The number of rotatable bonds is 6. The summed E-state index contributed by atoms with van der Waals surface area (Å²) in [5.74, 6) is 0.634. The van der Waals surface area contributed by atoms with Gasteiger partial charge in [-0.2, -0.15) is 0 Å². The van der Waals surface area contributed by atoms with Crippen LogP contribution >= 0.6 is 0 Å². The van der Waals surface area contributed by atoms with E-state index >= 15 is 0 Å². The van der Waals surface area contributed by atoms with E-state index in [0.717, 1.165) is 11.4 Å². The first-order chi connectivity index (χ1) is 15.2. The molecule has 1 saturated heterocycles. The van der Waals surface area contributed by atoms with Crippen molar-refractivity contribution in [1.82, 2.24) is 4.90 Å². The van der Waals surface area contributed by atoms with Gasteiger partial charge in [-0.1, -0.05) is 60.7 Å². The molecule has 0 N–H and O–H groups in total. The highest BCUT2D eigenvalue weighted by molar-refractivity contribution is 6.15. The number of hydrogen-bond donors (Lipinski definition) is 0. The Labute approximate surface area is 182 Å². The van der Waals surface area contributed by atoms with Gasteiger partial charge in [0.25, 0.3) is 5.91 Å². The maximum atomic E-state index is 13.3. The minimum Gasteiger partial charge on any atom is -0.492 e. The zero-order chi connectivity index (χ0) is 21.6. The molecule has 5 heteroatoms. The van der Waals surface area contributed by atoms with Crippen molar-refractivity contribution >= 4 is 17.4 Å². The zero-order valence-corrected chi connectivity index (χ0v) is 17.7. The first-order valence-corrected chi connectivity index (χ1v) is 10.6. The Morgan fingerprint density at radius 2 is 1.39 bits per heavy atom. The second-order valence-corrected chi connectivity index (χ2v) is 7.42.